The molecule has 1 aromatic heterocycles. The van der Waals surface area contributed by atoms with Gasteiger partial charge in [0.15, 0.2) is 0 Å². The van der Waals surface area contributed by atoms with Crippen LogP contribution in [0, 0.1) is 0 Å². The first-order valence-corrected chi connectivity index (χ1v) is 5.74. The minimum absolute atomic E-state index is 0.0473. The number of benzene rings is 1. The number of hydrogen-bond acceptors (Lipinski definition) is 5. The second kappa shape index (κ2) is 4.77. The Kier molecular flexibility index (Phi) is 3.35. The molecule has 0 bridgehead atoms. The van der Waals surface area contributed by atoms with Crippen molar-refractivity contribution in [3.8, 4) is 11.6 Å². The molecule has 1 heterocycles. The fourth-order valence-electron chi connectivity index (χ4n) is 1.18. The van der Waals surface area contributed by atoms with Crippen molar-refractivity contribution in [2.75, 3.05) is 11.5 Å². The zero-order valence-electron chi connectivity index (χ0n) is 8.52. The van der Waals surface area contributed by atoms with Crippen LogP contribution >= 0.6 is 27.5 Å². The highest BCUT2D eigenvalue weighted by molar-refractivity contribution is 9.10. The summed E-state index contributed by atoms with van der Waals surface area (Å²) in [5, 5.41) is 0.462. The molecule has 5 nitrogen and oxygen atoms in total. The van der Waals surface area contributed by atoms with E-state index in [-0.39, 0.29) is 17.6 Å². The molecular weight excluding hydrogens is 307 g/mol. The van der Waals surface area contributed by atoms with Gasteiger partial charge in [-0.3, -0.25) is 0 Å². The smallest absolute Gasteiger partial charge is 0.226 e. The maximum atomic E-state index is 5.97. The highest BCUT2D eigenvalue weighted by Gasteiger charge is 2.06. The van der Waals surface area contributed by atoms with Gasteiger partial charge in [0.05, 0.1) is 5.02 Å². The van der Waals surface area contributed by atoms with Crippen LogP contribution in [0.2, 0.25) is 5.02 Å². The molecule has 0 saturated carbocycles. The summed E-state index contributed by atoms with van der Waals surface area (Å²) >= 11 is 9.29. The zero-order valence-corrected chi connectivity index (χ0v) is 10.9. The van der Waals surface area contributed by atoms with E-state index in [2.05, 4.69) is 25.9 Å². The number of nitrogen functional groups attached to an aromatic ring is 2. The second-order valence-electron chi connectivity index (χ2n) is 3.17. The van der Waals surface area contributed by atoms with Crippen LogP contribution in [0.15, 0.2) is 28.7 Å². The number of aromatic nitrogens is 2. The molecule has 88 valence electrons. The van der Waals surface area contributed by atoms with Crippen molar-refractivity contribution in [1.82, 2.24) is 9.97 Å². The zero-order chi connectivity index (χ0) is 12.4. The fourth-order valence-corrected chi connectivity index (χ4v) is 1.68. The van der Waals surface area contributed by atoms with Gasteiger partial charge in [-0.25, -0.2) is 0 Å². The Labute approximate surface area is 111 Å². The van der Waals surface area contributed by atoms with Gasteiger partial charge in [0, 0.05) is 10.5 Å². The number of rotatable bonds is 2. The highest BCUT2D eigenvalue weighted by atomic mass is 79.9. The average Bonchev–Trinajstić information content (AvgIpc) is 2.22. The summed E-state index contributed by atoms with van der Waals surface area (Å²) in [6.07, 6.45) is 0. The van der Waals surface area contributed by atoms with Crippen LogP contribution in [0.1, 0.15) is 0 Å². The molecule has 0 aliphatic carbocycles. The molecule has 0 unspecified atom stereocenters. The molecule has 7 heteroatoms. The molecule has 0 aliphatic rings. The minimum Gasteiger partial charge on any atom is -0.437 e. The van der Waals surface area contributed by atoms with E-state index in [1.165, 1.54) is 6.07 Å². The Morgan fingerprint density at radius 1 is 1.18 bits per heavy atom. The van der Waals surface area contributed by atoms with Crippen LogP contribution in [0.5, 0.6) is 11.6 Å². The quantitative estimate of drug-likeness (QED) is 0.890. The summed E-state index contributed by atoms with van der Waals surface area (Å²) in [5.41, 5.74) is 11.0. The van der Waals surface area contributed by atoms with Gasteiger partial charge in [0.2, 0.25) is 11.8 Å². The van der Waals surface area contributed by atoms with Crippen molar-refractivity contribution in [1.29, 1.82) is 0 Å². The SMILES string of the molecule is Nc1cc(Oc2cc(Br)ccc2Cl)nc(N)n1. The number of ether oxygens (including phenoxy) is 1. The normalized spacial score (nSPS) is 10.2. The van der Waals surface area contributed by atoms with Crippen LogP contribution < -0.4 is 16.2 Å². The molecule has 0 fully saturated rings. The molecule has 2 rings (SSSR count). The van der Waals surface area contributed by atoms with E-state index in [0.29, 0.717) is 10.8 Å². The fraction of sp³-hybridized carbons (Fsp3) is 0. The van der Waals surface area contributed by atoms with E-state index in [0.717, 1.165) is 4.47 Å². The Bertz CT molecular complexity index is 544. The van der Waals surface area contributed by atoms with E-state index in [9.17, 15) is 0 Å². The van der Waals surface area contributed by atoms with Crippen molar-refractivity contribution in [2.45, 2.75) is 0 Å². The van der Waals surface area contributed by atoms with E-state index in [1.807, 2.05) is 0 Å². The maximum Gasteiger partial charge on any atom is 0.226 e. The molecule has 17 heavy (non-hydrogen) atoms. The average molecular weight is 316 g/mol. The van der Waals surface area contributed by atoms with Crippen molar-refractivity contribution in [3.63, 3.8) is 0 Å². The van der Waals surface area contributed by atoms with Crippen molar-refractivity contribution in [2.24, 2.45) is 0 Å². The number of nitrogens with zero attached hydrogens (tertiary/aromatic N) is 2. The van der Waals surface area contributed by atoms with Gasteiger partial charge >= 0.3 is 0 Å². The maximum absolute atomic E-state index is 5.97. The summed E-state index contributed by atoms with van der Waals surface area (Å²) in [6, 6.07) is 6.69. The number of hydrogen-bond donors (Lipinski definition) is 2. The van der Waals surface area contributed by atoms with Crippen LogP contribution in [-0.4, -0.2) is 9.97 Å². The third-order valence-electron chi connectivity index (χ3n) is 1.85. The van der Waals surface area contributed by atoms with Gasteiger partial charge in [-0.1, -0.05) is 27.5 Å². The van der Waals surface area contributed by atoms with Crippen molar-refractivity contribution < 1.29 is 4.74 Å². The minimum atomic E-state index is 0.0473. The van der Waals surface area contributed by atoms with E-state index in [1.54, 1.807) is 18.2 Å². The molecule has 4 N–H and O–H groups in total. The lowest BCUT2D eigenvalue weighted by molar-refractivity contribution is 0.463. The van der Waals surface area contributed by atoms with Gasteiger partial charge in [0.25, 0.3) is 0 Å². The monoisotopic (exact) mass is 314 g/mol. The summed E-state index contributed by atoms with van der Waals surface area (Å²) in [7, 11) is 0. The Morgan fingerprint density at radius 3 is 2.65 bits per heavy atom. The lowest BCUT2D eigenvalue weighted by atomic mass is 10.3. The Hall–Kier alpha value is -1.53. The molecule has 2 aromatic rings. The molecule has 0 aliphatic heterocycles. The lowest BCUT2D eigenvalue weighted by Crippen LogP contribution is -2.00. The summed E-state index contributed by atoms with van der Waals surface area (Å²) in [5.74, 6) is 0.985. The van der Waals surface area contributed by atoms with Gasteiger partial charge in [-0.15, -0.1) is 0 Å². The molecule has 0 saturated heterocycles. The predicted molar refractivity (Wildman–Crippen MR) is 70.1 cm³/mol. The molecule has 0 amide bonds. The van der Waals surface area contributed by atoms with E-state index >= 15 is 0 Å². The van der Waals surface area contributed by atoms with Crippen LogP contribution in [0.4, 0.5) is 11.8 Å². The van der Waals surface area contributed by atoms with Crippen molar-refractivity contribution >= 4 is 39.3 Å². The van der Waals surface area contributed by atoms with E-state index in [4.69, 9.17) is 27.8 Å². The summed E-state index contributed by atoms with van der Waals surface area (Å²) in [4.78, 5) is 7.63. The van der Waals surface area contributed by atoms with E-state index < -0.39 is 0 Å². The first-order valence-electron chi connectivity index (χ1n) is 4.57. The second-order valence-corrected chi connectivity index (χ2v) is 4.49. The number of halogens is 2. The lowest BCUT2D eigenvalue weighted by Gasteiger charge is -2.07. The molecule has 0 atom stereocenters. The van der Waals surface area contributed by atoms with Gasteiger partial charge in [-0.2, -0.15) is 9.97 Å². The van der Waals surface area contributed by atoms with Crippen LogP contribution in [0.25, 0.3) is 0 Å². The van der Waals surface area contributed by atoms with Crippen molar-refractivity contribution in [3.05, 3.63) is 33.8 Å². The van der Waals surface area contributed by atoms with Gasteiger partial charge in [0.1, 0.15) is 11.6 Å². The molecular formula is C10H8BrClN4O. The van der Waals surface area contributed by atoms with Crippen LogP contribution in [0.3, 0.4) is 0 Å². The Balaban J connectivity index is 2.34. The Morgan fingerprint density at radius 2 is 1.94 bits per heavy atom. The summed E-state index contributed by atoms with van der Waals surface area (Å²) < 4.78 is 6.32. The highest BCUT2D eigenvalue weighted by Crippen LogP contribution is 2.31. The largest absolute Gasteiger partial charge is 0.437 e. The van der Waals surface area contributed by atoms with Gasteiger partial charge in [-0.05, 0) is 18.2 Å². The molecule has 0 radical (unpaired) electrons. The third-order valence-corrected chi connectivity index (χ3v) is 2.65. The molecule has 1 aromatic carbocycles. The third kappa shape index (κ3) is 2.98. The standard InChI is InChI=1S/C10H8BrClN4O/c11-5-1-2-6(12)7(3-5)17-9-4-8(13)15-10(14)16-9/h1-4H,(H4,13,14,15,16). The van der Waals surface area contributed by atoms with Crippen LogP contribution in [-0.2, 0) is 0 Å². The van der Waals surface area contributed by atoms with Gasteiger partial charge < -0.3 is 16.2 Å². The predicted octanol–water partition coefficient (Wildman–Crippen LogP) is 2.85. The topological polar surface area (TPSA) is 87.0 Å². The molecule has 0 spiro atoms. The number of anilines is 2. The first-order chi connectivity index (χ1) is 8.04. The first kappa shape index (κ1) is 11.9. The summed E-state index contributed by atoms with van der Waals surface area (Å²) in [6.45, 7) is 0. The number of nitrogens with two attached hydrogens (primary N) is 2.